The number of aryl methyl sites for hydroxylation is 1. The minimum atomic E-state index is -4.91. The van der Waals surface area contributed by atoms with Crippen molar-refractivity contribution in [3.8, 4) is 16.3 Å². The number of carbonyl (C=O) groups excluding carboxylic acids is 4. The van der Waals surface area contributed by atoms with E-state index < -0.39 is 85.9 Å². The molecule has 14 nitrogen and oxygen atoms in total. The fourth-order valence-corrected chi connectivity index (χ4v) is 9.30. The van der Waals surface area contributed by atoms with Crippen molar-refractivity contribution in [2.24, 2.45) is 17.8 Å². The van der Waals surface area contributed by atoms with Crippen LogP contribution in [0.15, 0.2) is 36.0 Å². The zero-order chi connectivity index (χ0) is 41.7. The molecule has 2 aliphatic carbocycles. The van der Waals surface area contributed by atoms with Crippen LogP contribution >= 0.6 is 11.3 Å². The van der Waals surface area contributed by atoms with Crippen molar-refractivity contribution in [1.82, 2.24) is 30.2 Å². The quantitative estimate of drug-likeness (QED) is 0.299. The van der Waals surface area contributed by atoms with Gasteiger partial charge in [0.05, 0.1) is 27.4 Å². The topological polar surface area (TPSA) is 186 Å². The van der Waals surface area contributed by atoms with Crippen LogP contribution in [-0.4, -0.2) is 93.9 Å². The van der Waals surface area contributed by atoms with E-state index in [4.69, 9.17) is 9.47 Å². The number of alkyl halides is 3. The molecule has 2 aromatic rings. The molecule has 312 valence electrons. The van der Waals surface area contributed by atoms with E-state index in [1.807, 2.05) is 13.0 Å². The number of rotatable bonds is 8. The van der Waals surface area contributed by atoms with E-state index in [0.29, 0.717) is 63.1 Å². The predicted molar refractivity (Wildman–Crippen MR) is 203 cm³/mol. The highest BCUT2D eigenvalue weighted by Crippen LogP contribution is 2.48. The first kappa shape index (κ1) is 42.3. The number of ether oxygens (including phenoxy) is 2. The van der Waals surface area contributed by atoms with Crippen molar-refractivity contribution in [1.29, 1.82) is 0 Å². The molecule has 3 N–H and O–H groups in total. The molecule has 2 aromatic heterocycles. The number of nitrogens with zero attached hydrogens (tertiary/aromatic N) is 3. The lowest BCUT2D eigenvalue weighted by Gasteiger charge is -2.34. The van der Waals surface area contributed by atoms with Crippen molar-refractivity contribution in [3.63, 3.8) is 0 Å². The van der Waals surface area contributed by atoms with Crippen LogP contribution in [-0.2, 0) is 29.1 Å². The first-order valence-corrected chi connectivity index (χ1v) is 21.4. The molecule has 1 saturated heterocycles. The van der Waals surface area contributed by atoms with Gasteiger partial charge in [-0.3, -0.25) is 29.1 Å². The number of halogens is 3. The van der Waals surface area contributed by atoms with Gasteiger partial charge in [0.1, 0.15) is 29.5 Å². The number of thiazole rings is 1. The number of nitrogens with one attached hydrogen (secondary N) is 3. The molecule has 6 rings (SSSR count). The van der Waals surface area contributed by atoms with Gasteiger partial charge in [-0.2, -0.15) is 13.2 Å². The van der Waals surface area contributed by atoms with Crippen LogP contribution < -0.4 is 20.1 Å². The summed E-state index contributed by atoms with van der Waals surface area (Å²) in [6.07, 6.45) is 0.486. The summed E-state index contributed by atoms with van der Waals surface area (Å²) in [5.41, 5.74) is -1.63. The molecular formula is C38H49F3N6O8S2. The third kappa shape index (κ3) is 9.08. The molecule has 57 heavy (non-hydrogen) atoms. The number of pyridine rings is 1. The Morgan fingerprint density at radius 3 is 2.49 bits per heavy atom. The van der Waals surface area contributed by atoms with Crippen LogP contribution in [0.4, 0.5) is 18.0 Å². The first-order valence-electron chi connectivity index (χ1n) is 19.0. The highest BCUT2D eigenvalue weighted by Gasteiger charge is 2.63. The number of hydrogen-bond donors (Lipinski definition) is 3. The van der Waals surface area contributed by atoms with Gasteiger partial charge in [-0.05, 0) is 78.1 Å². The summed E-state index contributed by atoms with van der Waals surface area (Å²) in [7, 11) is -4.07. The van der Waals surface area contributed by atoms with Crippen LogP contribution in [0.25, 0.3) is 10.6 Å². The first-order chi connectivity index (χ1) is 26.5. The second-order valence-corrected chi connectivity index (χ2v) is 19.8. The number of allylic oxidation sites excluding steroid dienone is 1. The van der Waals surface area contributed by atoms with Crippen molar-refractivity contribution < 1.29 is 50.2 Å². The van der Waals surface area contributed by atoms with Crippen molar-refractivity contribution in [2.75, 3.05) is 6.54 Å². The average Bonchev–Trinajstić information content (AvgIpc) is 3.85. The number of carbonyl (C=O) groups is 4. The zero-order valence-electron chi connectivity index (χ0n) is 32.6. The summed E-state index contributed by atoms with van der Waals surface area (Å²) >= 11 is 1.38. The van der Waals surface area contributed by atoms with Gasteiger partial charge in [0.2, 0.25) is 27.4 Å². The van der Waals surface area contributed by atoms with E-state index in [-0.39, 0.29) is 25.3 Å². The Hall–Kier alpha value is -4.26. The lowest BCUT2D eigenvalue weighted by Crippen LogP contribution is -2.59. The largest absolute Gasteiger partial charge is 0.488 e. The Bertz CT molecular complexity index is 2020. The predicted octanol–water partition coefficient (Wildman–Crippen LogP) is 5.18. The number of amides is 4. The van der Waals surface area contributed by atoms with Crippen molar-refractivity contribution >= 4 is 45.2 Å². The summed E-state index contributed by atoms with van der Waals surface area (Å²) in [6.45, 7) is 8.17. The molecule has 7 atom stereocenters. The monoisotopic (exact) mass is 838 g/mol. The molecule has 4 heterocycles. The van der Waals surface area contributed by atoms with E-state index in [2.05, 4.69) is 25.3 Å². The highest BCUT2D eigenvalue weighted by molar-refractivity contribution is 7.91. The van der Waals surface area contributed by atoms with Gasteiger partial charge in [-0.1, -0.05) is 26.0 Å². The van der Waals surface area contributed by atoms with Crippen molar-refractivity contribution in [2.45, 2.75) is 127 Å². The third-order valence-corrected chi connectivity index (χ3v) is 14.4. The highest BCUT2D eigenvalue weighted by atomic mass is 32.2. The molecule has 2 saturated carbocycles. The number of hydrogen-bond acceptors (Lipinski definition) is 11. The number of alkyl carbamates (subject to hydrolysis) is 1. The molecule has 3 fully saturated rings. The van der Waals surface area contributed by atoms with Gasteiger partial charge in [-0.15, -0.1) is 11.3 Å². The Balaban J connectivity index is 1.34. The zero-order valence-corrected chi connectivity index (χ0v) is 34.3. The van der Waals surface area contributed by atoms with E-state index in [1.54, 1.807) is 50.7 Å². The number of fused-ring (bicyclic) bond motifs is 2. The molecular weight excluding hydrogens is 790 g/mol. The SMILES string of the molecule is Cc1cc(OC2CC3C(=O)NC4(C(=O)NS(=O)(=O)C5(C)CC5)CC4C=CCCC(C)CC(C)C(NC(=O)OC(C)(C)C(F)(F)F)C(=O)N3C2)cc(-c2cncs2)n1. The van der Waals surface area contributed by atoms with Crippen LogP contribution in [0.1, 0.15) is 85.3 Å². The summed E-state index contributed by atoms with van der Waals surface area (Å²) < 4.78 is 79.8. The summed E-state index contributed by atoms with van der Waals surface area (Å²) in [6, 6.07) is 0.679. The molecule has 4 amide bonds. The Morgan fingerprint density at radius 1 is 1.12 bits per heavy atom. The van der Waals surface area contributed by atoms with E-state index in [9.17, 15) is 40.8 Å². The van der Waals surface area contributed by atoms with Crippen LogP contribution in [0.5, 0.6) is 5.75 Å². The minimum Gasteiger partial charge on any atom is -0.488 e. The van der Waals surface area contributed by atoms with E-state index >= 15 is 0 Å². The molecule has 0 bridgehead atoms. The Morgan fingerprint density at radius 2 is 1.84 bits per heavy atom. The second-order valence-electron chi connectivity index (χ2n) is 16.7. The fourth-order valence-electron chi connectivity index (χ4n) is 7.41. The van der Waals surface area contributed by atoms with E-state index in [0.717, 1.165) is 4.88 Å². The molecule has 4 aliphatic rings. The molecule has 19 heteroatoms. The lowest BCUT2D eigenvalue weighted by molar-refractivity contribution is -0.244. The Kier molecular flexibility index (Phi) is 11.5. The van der Waals surface area contributed by atoms with Gasteiger partial charge in [0, 0.05) is 36.4 Å². The Labute approximate surface area is 333 Å². The van der Waals surface area contributed by atoms with Crippen LogP contribution in [0.2, 0.25) is 0 Å². The summed E-state index contributed by atoms with van der Waals surface area (Å²) in [4.78, 5) is 66.8. The van der Waals surface area contributed by atoms with Gasteiger partial charge in [-0.25, -0.2) is 13.2 Å². The number of aromatic nitrogens is 2. The third-order valence-electron chi connectivity index (χ3n) is 11.5. The van der Waals surface area contributed by atoms with Crippen molar-refractivity contribution in [3.05, 3.63) is 41.7 Å². The molecule has 0 spiro atoms. The number of sulfonamides is 1. The van der Waals surface area contributed by atoms with Crippen LogP contribution in [0.3, 0.4) is 0 Å². The smallest absolute Gasteiger partial charge is 0.427 e. The molecule has 2 aliphatic heterocycles. The van der Waals surface area contributed by atoms with Gasteiger partial charge in [0.15, 0.2) is 0 Å². The molecule has 0 aromatic carbocycles. The molecule has 0 radical (unpaired) electrons. The molecule has 7 unspecified atom stereocenters. The normalized spacial score (nSPS) is 29.2. The van der Waals surface area contributed by atoms with Gasteiger partial charge < -0.3 is 25.0 Å². The van der Waals surface area contributed by atoms with E-state index in [1.165, 1.54) is 16.2 Å². The maximum absolute atomic E-state index is 14.7. The minimum absolute atomic E-state index is 0.0286. The standard InChI is InChI=1S/C38H49F3N6O8S2/c1-21-9-7-8-10-24-17-37(24,33(50)46-57(52,53)36(6)11-12-36)45-31(48)28-16-26(54-25-14-23(3)43-27(15-25)29-18-42-20-56-29)19-47(28)32(49)30(22(2)13-21)44-34(51)55-35(4,5)38(39,40)41/h8,10,14-15,18,20-22,24,26,28,30H,7,9,11-13,16-17,19H2,1-6H3,(H,44,51)(H,45,48)(H,46,50). The summed E-state index contributed by atoms with van der Waals surface area (Å²) in [5, 5.41) is 5.19. The lowest BCUT2D eigenvalue weighted by atomic mass is 9.88. The average molecular weight is 839 g/mol. The second kappa shape index (κ2) is 15.5. The fraction of sp³-hybridized carbons (Fsp3) is 0.632. The van der Waals surface area contributed by atoms with Gasteiger partial charge in [0.25, 0.3) is 5.91 Å². The van der Waals surface area contributed by atoms with Gasteiger partial charge >= 0.3 is 12.3 Å². The maximum atomic E-state index is 14.7. The maximum Gasteiger partial charge on any atom is 0.427 e. The summed E-state index contributed by atoms with van der Waals surface area (Å²) in [5.74, 6) is -3.21. The van der Waals surface area contributed by atoms with Crippen LogP contribution in [0, 0.1) is 24.7 Å².